The van der Waals surface area contributed by atoms with E-state index in [0.29, 0.717) is 23.2 Å². The summed E-state index contributed by atoms with van der Waals surface area (Å²) < 4.78 is 11.5. The second-order valence-corrected chi connectivity index (χ2v) is 5.86. The van der Waals surface area contributed by atoms with Crippen LogP contribution >= 0.6 is 12.2 Å². The number of hydrogen-bond acceptors (Lipinski definition) is 4. The molecule has 5 nitrogen and oxygen atoms in total. The first-order chi connectivity index (χ1) is 12.6. The molecule has 0 aliphatic rings. The normalized spacial score (nSPS) is 11.6. The second-order valence-electron chi connectivity index (χ2n) is 5.45. The van der Waals surface area contributed by atoms with Gasteiger partial charge in [0.1, 0.15) is 6.10 Å². The number of thiocarbonyl (C=S) groups is 1. The van der Waals surface area contributed by atoms with E-state index in [0.717, 1.165) is 11.1 Å². The molecular formula is C20H23N3O2S. The number of methoxy groups -OCH3 is 1. The van der Waals surface area contributed by atoms with Gasteiger partial charge in [0.25, 0.3) is 0 Å². The van der Waals surface area contributed by atoms with Crippen LogP contribution in [0.2, 0.25) is 0 Å². The Morgan fingerprint density at radius 2 is 2.00 bits per heavy atom. The highest BCUT2D eigenvalue weighted by atomic mass is 32.1. The summed E-state index contributed by atoms with van der Waals surface area (Å²) in [5.74, 6) is 1.32. The minimum Gasteiger partial charge on any atom is -0.493 e. The van der Waals surface area contributed by atoms with Crippen LogP contribution in [0.15, 0.2) is 66.3 Å². The van der Waals surface area contributed by atoms with Gasteiger partial charge in [0.05, 0.1) is 13.3 Å². The Labute approximate surface area is 159 Å². The number of ether oxygens (including phenoxy) is 2. The molecule has 2 N–H and O–H groups in total. The minimum absolute atomic E-state index is 0.0837. The Morgan fingerprint density at radius 3 is 2.69 bits per heavy atom. The maximum Gasteiger partial charge on any atom is 0.187 e. The van der Waals surface area contributed by atoms with E-state index in [1.165, 1.54) is 0 Å². The monoisotopic (exact) mass is 369 g/mol. The maximum absolute atomic E-state index is 6.04. The van der Waals surface area contributed by atoms with Gasteiger partial charge in [-0.1, -0.05) is 36.4 Å². The molecule has 0 spiro atoms. The average molecular weight is 369 g/mol. The summed E-state index contributed by atoms with van der Waals surface area (Å²) in [6, 6.07) is 15.7. The van der Waals surface area contributed by atoms with Gasteiger partial charge < -0.3 is 14.8 Å². The number of benzene rings is 2. The molecule has 136 valence electrons. The SMILES string of the molecule is C=CCNC(=S)NN=Cc1ccc(OC(C)c2ccccc2)c(OC)c1. The number of nitrogens with one attached hydrogen (secondary N) is 2. The fraction of sp³-hybridized carbons (Fsp3) is 0.200. The number of nitrogens with zero attached hydrogens (tertiary/aromatic N) is 1. The number of rotatable bonds is 8. The van der Waals surface area contributed by atoms with E-state index in [1.54, 1.807) is 19.4 Å². The summed E-state index contributed by atoms with van der Waals surface area (Å²) in [4.78, 5) is 0. The second kappa shape index (κ2) is 10.2. The van der Waals surface area contributed by atoms with Gasteiger partial charge in [0.15, 0.2) is 16.6 Å². The largest absolute Gasteiger partial charge is 0.493 e. The smallest absolute Gasteiger partial charge is 0.187 e. The Bertz CT molecular complexity index is 763. The Balaban J connectivity index is 2.02. The molecule has 1 unspecified atom stereocenters. The first kappa shape index (κ1) is 19.5. The van der Waals surface area contributed by atoms with Crippen LogP contribution in [0, 0.1) is 0 Å². The summed E-state index contributed by atoms with van der Waals surface area (Å²) in [6.45, 7) is 6.20. The summed E-state index contributed by atoms with van der Waals surface area (Å²) in [5.41, 5.74) is 4.71. The molecule has 0 heterocycles. The Kier molecular flexibility index (Phi) is 7.64. The van der Waals surface area contributed by atoms with Gasteiger partial charge >= 0.3 is 0 Å². The molecular weight excluding hydrogens is 346 g/mol. The van der Waals surface area contributed by atoms with Crippen LogP contribution in [-0.2, 0) is 0 Å². The third-order valence-electron chi connectivity index (χ3n) is 3.55. The standard InChI is InChI=1S/C20H23N3O2S/c1-4-12-21-20(26)23-22-14-16-10-11-18(19(13-16)24-3)25-15(2)17-8-6-5-7-9-17/h4-11,13-15H,1,12H2,2-3H3,(H2,21,23,26). The topological polar surface area (TPSA) is 54.9 Å². The van der Waals surface area contributed by atoms with Crippen molar-refractivity contribution in [2.45, 2.75) is 13.0 Å². The maximum atomic E-state index is 6.04. The molecule has 0 amide bonds. The third kappa shape index (κ3) is 5.89. The first-order valence-electron chi connectivity index (χ1n) is 8.21. The van der Waals surface area contributed by atoms with E-state index in [9.17, 15) is 0 Å². The summed E-state index contributed by atoms with van der Waals surface area (Å²) in [5, 5.41) is 7.46. The molecule has 2 aromatic carbocycles. The van der Waals surface area contributed by atoms with E-state index >= 15 is 0 Å². The van der Waals surface area contributed by atoms with Crippen molar-refractivity contribution in [3.8, 4) is 11.5 Å². The van der Waals surface area contributed by atoms with Crippen molar-refractivity contribution in [1.29, 1.82) is 0 Å². The molecule has 2 rings (SSSR count). The van der Waals surface area contributed by atoms with Crippen LogP contribution in [0.3, 0.4) is 0 Å². The highest BCUT2D eigenvalue weighted by Crippen LogP contribution is 2.31. The van der Waals surface area contributed by atoms with E-state index in [2.05, 4.69) is 22.4 Å². The lowest BCUT2D eigenvalue weighted by Crippen LogP contribution is -2.31. The zero-order valence-electron chi connectivity index (χ0n) is 14.9. The number of hydrogen-bond donors (Lipinski definition) is 2. The summed E-state index contributed by atoms with van der Waals surface area (Å²) in [6.07, 6.45) is 3.30. The van der Waals surface area contributed by atoms with Crippen LogP contribution in [0.25, 0.3) is 0 Å². The molecule has 2 aromatic rings. The molecule has 26 heavy (non-hydrogen) atoms. The van der Waals surface area contributed by atoms with E-state index in [1.807, 2.05) is 55.5 Å². The zero-order chi connectivity index (χ0) is 18.8. The lowest BCUT2D eigenvalue weighted by molar-refractivity contribution is 0.216. The predicted molar refractivity (Wildman–Crippen MR) is 110 cm³/mol. The van der Waals surface area contributed by atoms with E-state index in [-0.39, 0.29) is 6.10 Å². The van der Waals surface area contributed by atoms with Crippen LogP contribution in [-0.4, -0.2) is 25.0 Å². The zero-order valence-corrected chi connectivity index (χ0v) is 15.8. The Morgan fingerprint density at radius 1 is 1.23 bits per heavy atom. The van der Waals surface area contributed by atoms with Crippen LogP contribution in [0.5, 0.6) is 11.5 Å². The summed E-state index contributed by atoms with van der Waals surface area (Å²) >= 11 is 5.07. The van der Waals surface area contributed by atoms with Gasteiger partial charge in [-0.3, -0.25) is 5.43 Å². The van der Waals surface area contributed by atoms with Gasteiger partial charge in [-0.15, -0.1) is 6.58 Å². The highest BCUT2D eigenvalue weighted by Gasteiger charge is 2.11. The van der Waals surface area contributed by atoms with Gasteiger partial charge in [0.2, 0.25) is 0 Å². The average Bonchev–Trinajstić information content (AvgIpc) is 2.68. The van der Waals surface area contributed by atoms with Gasteiger partial charge in [-0.2, -0.15) is 5.10 Å². The van der Waals surface area contributed by atoms with Crippen molar-refractivity contribution in [2.75, 3.05) is 13.7 Å². The molecule has 1 atom stereocenters. The molecule has 0 aliphatic carbocycles. The predicted octanol–water partition coefficient (Wildman–Crippen LogP) is 3.82. The summed E-state index contributed by atoms with van der Waals surface area (Å²) in [7, 11) is 1.61. The van der Waals surface area contributed by atoms with Crippen molar-refractivity contribution in [2.24, 2.45) is 5.10 Å². The molecule has 6 heteroatoms. The van der Waals surface area contributed by atoms with E-state index in [4.69, 9.17) is 21.7 Å². The van der Waals surface area contributed by atoms with Crippen molar-refractivity contribution >= 4 is 23.5 Å². The first-order valence-corrected chi connectivity index (χ1v) is 8.62. The van der Waals surface area contributed by atoms with Gasteiger partial charge in [-0.25, -0.2) is 0 Å². The molecule has 0 aliphatic heterocycles. The van der Waals surface area contributed by atoms with Gasteiger partial charge in [-0.05, 0) is 48.5 Å². The van der Waals surface area contributed by atoms with Crippen LogP contribution in [0.4, 0.5) is 0 Å². The molecule has 0 aromatic heterocycles. The lowest BCUT2D eigenvalue weighted by Gasteiger charge is -2.17. The molecule has 0 saturated carbocycles. The van der Waals surface area contributed by atoms with Crippen molar-refractivity contribution in [3.63, 3.8) is 0 Å². The third-order valence-corrected chi connectivity index (χ3v) is 3.78. The molecule has 0 saturated heterocycles. The highest BCUT2D eigenvalue weighted by molar-refractivity contribution is 7.80. The molecule has 0 fully saturated rings. The van der Waals surface area contributed by atoms with E-state index < -0.39 is 0 Å². The molecule has 0 radical (unpaired) electrons. The molecule has 0 bridgehead atoms. The van der Waals surface area contributed by atoms with Crippen molar-refractivity contribution in [1.82, 2.24) is 10.7 Å². The van der Waals surface area contributed by atoms with Crippen molar-refractivity contribution in [3.05, 3.63) is 72.3 Å². The van der Waals surface area contributed by atoms with Crippen LogP contribution in [0.1, 0.15) is 24.2 Å². The number of hydrazone groups is 1. The Hall–Kier alpha value is -2.86. The van der Waals surface area contributed by atoms with Gasteiger partial charge in [0, 0.05) is 6.54 Å². The lowest BCUT2D eigenvalue weighted by atomic mass is 10.1. The van der Waals surface area contributed by atoms with Crippen LogP contribution < -0.4 is 20.2 Å². The minimum atomic E-state index is -0.0837. The fourth-order valence-electron chi connectivity index (χ4n) is 2.21. The quantitative estimate of drug-likeness (QED) is 0.321. The fourth-order valence-corrected chi connectivity index (χ4v) is 2.35. The van der Waals surface area contributed by atoms with Crippen molar-refractivity contribution < 1.29 is 9.47 Å².